The molecular formula is C21H19F2N3OS. The highest BCUT2D eigenvalue weighted by molar-refractivity contribution is 7.99. The number of thioether (sulfide) groups is 1. The Morgan fingerprint density at radius 2 is 1.89 bits per heavy atom. The molecule has 2 aromatic carbocycles. The fourth-order valence-electron chi connectivity index (χ4n) is 3.19. The van der Waals surface area contributed by atoms with Gasteiger partial charge in [0.2, 0.25) is 0 Å². The van der Waals surface area contributed by atoms with Crippen LogP contribution in [0.15, 0.2) is 59.6 Å². The zero-order valence-corrected chi connectivity index (χ0v) is 16.0. The van der Waals surface area contributed by atoms with Crippen LogP contribution in [0, 0.1) is 6.92 Å². The van der Waals surface area contributed by atoms with Crippen molar-refractivity contribution in [1.82, 2.24) is 9.78 Å². The third kappa shape index (κ3) is 3.94. The highest BCUT2D eigenvalue weighted by atomic mass is 32.2. The van der Waals surface area contributed by atoms with Crippen molar-refractivity contribution in [2.24, 2.45) is 0 Å². The number of hydrogen-bond acceptors (Lipinski definition) is 3. The molecule has 0 aliphatic heterocycles. The summed E-state index contributed by atoms with van der Waals surface area (Å²) in [5.41, 5.74) is 4.10. The molecule has 1 N–H and O–H groups in total. The number of hydrogen-bond donors (Lipinski definition) is 1. The van der Waals surface area contributed by atoms with Gasteiger partial charge < -0.3 is 5.32 Å². The molecule has 28 heavy (non-hydrogen) atoms. The predicted octanol–water partition coefficient (Wildman–Crippen LogP) is 5.63. The first kappa shape index (κ1) is 18.7. The second-order valence-electron chi connectivity index (χ2n) is 6.77. The number of carbonyl (C=O) groups excluding carboxylic acids is 1. The smallest absolute Gasteiger partial charge is 0.288 e. The number of nitrogens with zero attached hydrogens (tertiary/aromatic N) is 2. The molecule has 1 aliphatic rings. The van der Waals surface area contributed by atoms with Gasteiger partial charge in [-0.25, -0.2) is 4.68 Å². The van der Waals surface area contributed by atoms with Crippen LogP contribution in [0.5, 0.6) is 0 Å². The lowest BCUT2D eigenvalue weighted by Gasteiger charge is -2.11. The molecule has 0 spiro atoms. The van der Waals surface area contributed by atoms with Crippen molar-refractivity contribution >= 4 is 23.4 Å². The molecule has 1 aliphatic carbocycles. The molecule has 1 fully saturated rings. The summed E-state index contributed by atoms with van der Waals surface area (Å²) in [5, 5.41) is 7.34. The molecule has 0 saturated heterocycles. The number of aryl methyl sites for hydroxylation is 1. The topological polar surface area (TPSA) is 46.9 Å². The van der Waals surface area contributed by atoms with E-state index in [0.29, 0.717) is 33.8 Å². The molecule has 0 bridgehead atoms. The fourth-order valence-corrected chi connectivity index (χ4v) is 3.69. The quantitative estimate of drug-likeness (QED) is 0.547. The number of nitrogens with one attached hydrogen (secondary N) is 1. The Bertz CT molecular complexity index is 997. The van der Waals surface area contributed by atoms with Gasteiger partial charge in [-0.15, -0.1) is 0 Å². The lowest BCUT2D eigenvalue weighted by atomic mass is 10.1. The third-order valence-corrected chi connectivity index (χ3v) is 5.42. The first-order valence-electron chi connectivity index (χ1n) is 9.03. The van der Waals surface area contributed by atoms with E-state index in [-0.39, 0.29) is 5.91 Å². The van der Waals surface area contributed by atoms with Crippen molar-refractivity contribution in [3.63, 3.8) is 0 Å². The van der Waals surface area contributed by atoms with Gasteiger partial charge in [0.05, 0.1) is 23.1 Å². The van der Waals surface area contributed by atoms with Crippen LogP contribution < -0.4 is 5.32 Å². The van der Waals surface area contributed by atoms with Gasteiger partial charge in [0.15, 0.2) is 0 Å². The minimum atomic E-state index is -2.46. The lowest BCUT2D eigenvalue weighted by molar-refractivity contribution is 0.102. The Labute approximate surface area is 166 Å². The van der Waals surface area contributed by atoms with E-state index < -0.39 is 5.76 Å². The molecule has 4 nitrogen and oxygen atoms in total. The molecule has 1 heterocycles. The number of amides is 1. The van der Waals surface area contributed by atoms with Gasteiger partial charge in [-0.1, -0.05) is 30.0 Å². The standard InChI is InChI=1S/C21H19F2N3OS/c1-13-4-2-3-5-18(13)26-19(14-6-7-14)17(12-24-26)20(27)25-15-8-10-16(11-9-15)28-21(22)23/h2-5,8-12,14,21H,6-7H2,1H3,(H,25,27). The second kappa shape index (κ2) is 7.75. The van der Waals surface area contributed by atoms with Crippen LogP contribution in [0.3, 0.4) is 0 Å². The molecule has 0 radical (unpaired) electrons. The highest BCUT2D eigenvalue weighted by Gasteiger charge is 2.33. The van der Waals surface area contributed by atoms with E-state index in [1.807, 2.05) is 35.9 Å². The second-order valence-corrected chi connectivity index (χ2v) is 7.84. The van der Waals surface area contributed by atoms with Crippen molar-refractivity contribution < 1.29 is 13.6 Å². The van der Waals surface area contributed by atoms with E-state index in [0.717, 1.165) is 29.8 Å². The molecule has 7 heteroatoms. The molecular weight excluding hydrogens is 380 g/mol. The van der Waals surface area contributed by atoms with Crippen molar-refractivity contribution in [2.75, 3.05) is 5.32 Å². The molecule has 1 saturated carbocycles. The summed E-state index contributed by atoms with van der Waals surface area (Å²) in [6.07, 6.45) is 3.69. The molecule has 1 amide bonds. The van der Waals surface area contributed by atoms with Gasteiger partial charge in [0.25, 0.3) is 11.7 Å². The summed E-state index contributed by atoms with van der Waals surface area (Å²) in [6, 6.07) is 14.4. The van der Waals surface area contributed by atoms with E-state index in [4.69, 9.17) is 0 Å². The van der Waals surface area contributed by atoms with Crippen LogP contribution in [-0.2, 0) is 0 Å². The average Bonchev–Trinajstić information content (AvgIpc) is 3.41. The zero-order valence-electron chi connectivity index (χ0n) is 15.2. The summed E-state index contributed by atoms with van der Waals surface area (Å²) in [6.45, 7) is 2.02. The molecule has 1 aromatic heterocycles. The number of aromatic nitrogens is 2. The first-order valence-corrected chi connectivity index (χ1v) is 9.91. The number of benzene rings is 2. The summed E-state index contributed by atoms with van der Waals surface area (Å²) in [5.74, 6) is -2.38. The fraction of sp³-hybridized carbons (Fsp3) is 0.238. The minimum Gasteiger partial charge on any atom is -0.322 e. The maximum atomic E-state index is 12.9. The van der Waals surface area contributed by atoms with E-state index in [9.17, 15) is 13.6 Å². The van der Waals surface area contributed by atoms with Crippen molar-refractivity contribution in [3.05, 3.63) is 71.5 Å². The first-order chi connectivity index (χ1) is 13.5. The van der Waals surface area contributed by atoms with Crippen LogP contribution in [0.25, 0.3) is 5.69 Å². The Morgan fingerprint density at radius 3 is 2.54 bits per heavy atom. The SMILES string of the molecule is Cc1ccccc1-n1ncc(C(=O)Nc2ccc(SC(F)F)cc2)c1C1CC1. The maximum absolute atomic E-state index is 12.9. The predicted molar refractivity (Wildman–Crippen MR) is 107 cm³/mol. The van der Waals surface area contributed by atoms with Crippen molar-refractivity contribution in [1.29, 1.82) is 0 Å². The monoisotopic (exact) mass is 399 g/mol. The van der Waals surface area contributed by atoms with Gasteiger partial charge >= 0.3 is 0 Å². The third-order valence-electron chi connectivity index (χ3n) is 4.70. The highest BCUT2D eigenvalue weighted by Crippen LogP contribution is 2.43. The van der Waals surface area contributed by atoms with Gasteiger partial charge in [-0.3, -0.25) is 4.79 Å². The summed E-state index contributed by atoms with van der Waals surface area (Å²) < 4.78 is 26.7. The Morgan fingerprint density at radius 1 is 1.18 bits per heavy atom. The number of anilines is 1. The van der Waals surface area contributed by atoms with Gasteiger partial charge in [-0.2, -0.15) is 13.9 Å². The van der Waals surface area contributed by atoms with Crippen molar-refractivity contribution in [2.45, 2.75) is 36.3 Å². The Balaban J connectivity index is 1.59. The Hall–Kier alpha value is -2.67. The number of rotatable bonds is 6. The molecule has 0 unspecified atom stereocenters. The summed E-state index contributed by atoms with van der Waals surface area (Å²) in [7, 11) is 0. The van der Waals surface area contributed by atoms with Gasteiger partial charge in [0.1, 0.15) is 0 Å². The van der Waals surface area contributed by atoms with E-state index >= 15 is 0 Å². The average molecular weight is 399 g/mol. The van der Waals surface area contributed by atoms with E-state index in [1.54, 1.807) is 30.5 Å². The summed E-state index contributed by atoms with van der Waals surface area (Å²) >= 11 is 0.480. The van der Waals surface area contributed by atoms with Crippen molar-refractivity contribution in [3.8, 4) is 5.69 Å². The van der Waals surface area contributed by atoms with E-state index in [2.05, 4.69) is 10.4 Å². The van der Waals surface area contributed by atoms with Crippen LogP contribution in [0.1, 0.15) is 40.4 Å². The lowest BCUT2D eigenvalue weighted by Crippen LogP contribution is -2.14. The maximum Gasteiger partial charge on any atom is 0.288 e. The zero-order chi connectivity index (χ0) is 19.7. The number of para-hydroxylation sites is 1. The Kier molecular flexibility index (Phi) is 5.17. The molecule has 0 atom stereocenters. The minimum absolute atomic E-state index is 0.240. The number of carbonyl (C=O) groups is 1. The van der Waals surface area contributed by atoms with E-state index in [1.165, 1.54) is 0 Å². The van der Waals surface area contributed by atoms with Gasteiger partial charge in [0, 0.05) is 16.5 Å². The summed E-state index contributed by atoms with van der Waals surface area (Å²) in [4.78, 5) is 13.3. The molecule has 3 aromatic rings. The van der Waals surface area contributed by atoms with Crippen LogP contribution in [0.4, 0.5) is 14.5 Å². The number of halogens is 2. The van der Waals surface area contributed by atoms with Crippen LogP contribution in [0.2, 0.25) is 0 Å². The van der Waals surface area contributed by atoms with Crippen LogP contribution >= 0.6 is 11.8 Å². The molecule has 144 valence electrons. The van der Waals surface area contributed by atoms with Crippen LogP contribution in [-0.4, -0.2) is 21.4 Å². The van der Waals surface area contributed by atoms with Gasteiger partial charge in [-0.05, 0) is 55.7 Å². The molecule has 4 rings (SSSR count). The normalized spacial score (nSPS) is 13.7. The number of alkyl halides is 2. The largest absolute Gasteiger partial charge is 0.322 e.